The number of allylic oxidation sites excluding steroid dienone is 1. The fourth-order valence-electron chi connectivity index (χ4n) is 3.01. The SMILES string of the molecule is C=C(NC(C)CC)C1=CN(Cc2cccc(CCO)c2)C(=C)C(C(=O)NC)=C1. The minimum absolute atomic E-state index is 0.120. The molecule has 28 heavy (non-hydrogen) atoms. The Morgan fingerprint density at radius 3 is 2.68 bits per heavy atom. The van der Waals surface area contributed by atoms with E-state index in [1.807, 2.05) is 35.4 Å². The van der Waals surface area contributed by atoms with Gasteiger partial charge in [-0.1, -0.05) is 44.3 Å². The molecule has 1 aliphatic heterocycles. The van der Waals surface area contributed by atoms with Crippen LogP contribution in [0.2, 0.25) is 0 Å². The molecular weight excluding hydrogens is 350 g/mol. The topological polar surface area (TPSA) is 64.6 Å². The first kappa shape index (κ1) is 21.5. The van der Waals surface area contributed by atoms with Crippen LogP contribution in [0.25, 0.3) is 0 Å². The van der Waals surface area contributed by atoms with Crippen molar-refractivity contribution in [1.29, 1.82) is 0 Å². The number of nitrogens with zero attached hydrogens (tertiary/aromatic N) is 1. The smallest absolute Gasteiger partial charge is 0.253 e. The molecule has 0 aromatic heterocycles. The van der Waals surface area contributed by atoms with E-state index in [9.17, 15) is 9.90 Å². The number of hydrogen-bond acceptors (Lipinski definition) is 4. The lowest BCUT2D eigenvalue weighted by Gasteiger charge is -2.30. The summed E-state index contributed by atoms with van der Waals surface area (Å²) in [6.07, 6.45) is 5.41. The van der Waals surface area contributed by atoms with Crippen molar-refractivity contribution in [2.75, 3.05) is 13.7 Å². The number of carbonyl (C=O) groups excluding carboxylic acids is 1. The molecule has 0 aliphatic carbocycles. The summed E-state index contributed by atoms with van der Waals surface area (Å²) in [4.78, 5) is 14.4. The Morgan fingerprint density at radius 2 is 2.04 bits per heavy atom. The number of amides is 1. The second-order valence-electron chi connectivity index (χ2n) is 7.02. The largest absolute Gasteiger partial charge is 0.396 e. The van der Waals surface area contributed by atoms with Crippen molar-refractivity contribution in [3.8, 4) is 0 Å². The van der Waals surface area contributed by atoms with Crippen molar-refractivity contribution >= 4 is 5.91 Å². The summed E-state index contributed by atoms with van der Waals surface area (Å²) in [6, 6.07) is 8.38. The molecule has 1 aromatic rings. The van der Waals surface area contributed by atoms with Crippen LogP contribution in [0.5, 0.6) is 0 Å². The predicted octanol–water partition coefficient (Wildman–Crippen LogP) is 3.01. The maximum absolute atomic E-state index is 12.4. The highest BCUT2D eigenvalue weighted by Gasteiger charge is 2.23. The monoisotopic (exact) mass is 381 g/mol. The maximum atomic E-state index is 12.4. The molecule has 0 fully saturated rings. The molecule has 1 atom stereocenters. The molecular formula is C23H31N3O2. The van der Waals surface area contributed by atoms with Crippen LogP contribution in [-0.4, -0.2) is 35.6 Å². The van der Waals surface area contributed by atoms with E-state index in [2.05, 4.69) is 43.7 Å². The zero-order chi connectivity index (χ0) is 20.7. The van der Waals surface area contributed by atoms with Gasteiger partial charge in [-0.15, -0.1) is 0 Å². The molecule has 0 radical (unpaired) electrons. The third-order valence-corrected chi connectivity index (χ3v) is 4.85. The first-order valence-electron chi connectivity index (χ1n) is 9.65. The average molecular weight is 382 g/mol. The quantitative estimate of drug-likeness (QED) is 0.615. The highest BCUT2D eigenvalue weighted by molar-refractivity contribution is 5.98. The van der Waals surface area contributed by atoms with Gasteiger partial charge in [0.05, 0.1) is 5.57 Å². The lowest BCUT2D eigenvalue weighted by Crippen LogP contribution is -2.31. The lowest BCUT2D eigenvalue weighted by atomic mass is 10.0. The molecule has 0 bridgehead atoms. The van der Waals surface area contributed by atoms with Crippen molar-refractivity contribution in [1.82, 2.24) is 15.5 Å². The number of likely N-dealkylation sites (N-methyl/N-ethyl adjacent to an activating group) is 1. The van der Waals surface area contributed by atoms with Gasteiger partial charge in [0.2, 0.25) is 0 Å². The van der Waals surface area contributed by atoms with Crippen molar-refractivity contribution in [3.05, 3.63) is 83.4 Å². The summed E-state index contributed by atoms with van der Waals surface area (Å²) in [6.45, 7) is 13.2. The van der Waals surface area contributed by atoms with E-state index in [-0.39, 0.29) is 12.5 Å². The second kappa shape index (κ2) is 9.95. The Morgan fingerprint density at radius 1 is 1.32 bits per heavy atom. The van der Waals surface area contributed by atoms with Crippen LogP contribution >= 0.6 is 0 Å². The van der Waals surface area contributed by atoms with Gasteiger partial charge >= 0.3 is 0 Å². The second-order valence-corrected chi connectivity index (χ2v) is 7.02. The van der Waals surface area contributed by atoms with E-state index in [4.69, 9.17) is 0 Å². The summed E-state index contributed by atoms with van der Waals surface area (Å²) in [5, 5.41) is 15.2. The zero-order valence-corrected chi connectivity index (χ0v) is 17.1. The zero-order valence-electron chi connectivity index (χ0n) is 17.1. The Labute approximate surface area is 168 Å². The number of rotatable bonds is 9. The lowest BCUT2D eigenvalue weighted by molar-refractivity contribution is -0.116. The molecule has 1 aromatic carbocycles. The first-order valence-corrected chi connectivity index (χ1v) is 9.65. The number of aliphatic hydroxyl groups excluding tert-OH is 1. The number of nitrogens with one attached hydrogen (secondary N) is 2. The van der Waals surface area contributed by atoms with Crippen LogP contribution in [0, 0.1) is 0 Å². The van der Waals surface area contributed by atoms with Crippen LogP contribution in [0.4, 0.5) is 0 Å². The fourth-order valence-corrected chi connectivity index (χ4v) is 3.01. The summed E-state index contributed by atoms with van der Waals surface area (Å²) in [5.74, 6) is -0.175. The number of aliphatic hydroxyl groups is 1. The minimum Gasteiger partial charge on any atom is -0.396 e. The van der Waals surface area contributed by atoms with Crippen LogP contribution in [0.1, 0.15) is 31.4 Å². The molecule has 3 N–H and O–H groups in total. The number of benzene rings is 1. The van der Waals surface area contributed by atoms with E-state index in [0.717, 1.165) is 28.8 Å². The Balaban J connectivity index is 2.32. The van der Waals surface area contributed by atoms with E-state index in [0.29, 0.717) is 30.3 Å². The molecule has 0 spiro atoms. The molecule has 0 saturated heterocycles. The van der Waals surface area contributed by atoms with Gasteiger partial charge < -0.3 is 20.6 Å². The molecule has 2 rings (SSSR count). The molecule has 150 valence electrons. The molecule has 1 heterocycles. The van der Waals surface area contributed by atoms with Gasteiger partial charge in [-0.05, 0) is 37.0 Å². The van der Waals surface area contributed by atoms with Crippen molar-refractivity contribution in [2.45, 2.75) is 39.3 Å². The van der Waals surface area contributed by atoms with E-state index < -0.39 is 0 Å². The van der Waals surface area contributed by atoms with Gasteiger partial charge in [-0.25, -0.2) is 0 Å². The van der Waals surface area contributed by atoms with Crippen LogP contribution < -0.4 is 10.6 Å². The van der Waals surface area contributed by atoms with Gasteiger partial charge in [-0.2, -0.15) is 0 Å². The minimum atomic E-state index is -0.175. The van der Waals surface area contributed by atoms with Crippen LogP contribution in [0.3, 0.4) is 0 Å². The van der Waals surface area contributed by atoms with Gasteiger partial charge in [0, 0.05) is 49.4 Å². The molecule has 1 unspecified atom stereocenters. The van der Waals surface area contributed by atoms with Crippen molar-refractivity contribution in [3.63, 3.8) is 0 Å². The third-order valence-electron chi connectivity index (χ3n) is 4.85. The van der Waals surface area contributed by atoms with E-state index >= 15 is 0 Å². The van der Waals surface area contributed by atoms with Crippen LogP contribution in [0.15, 0.2) is 72.2 Å². The molecule has 0 saturated carbocycles. The van der Waals surface area contributed by atoms with Crippen molar-refractivity contribution < 1.29 is 9.90 Å². The molecule has 5 nitrogen and oxygen atoms in total. The third kappa shape index (κ3) is 5.36. The van der Waals surface area contributed by atoms with E-state index in [1.165, 1.54) is 0 Å². The maximum Gasteiger partial charge on any atom is 0.253 e. The Kier molecular flexibility index (Phi) is 7.64. The van der Waals surface area contributed by atoms with Gasteiger partial charge in [0.25, 0.3) is 5.91 Å². The predicted molar refractivity (Wildman–Crippen MR) is 114 cm³/mol. The average Bonchev–Trinajstić information content (AvgIpc) is 2.69. The first-order chi connectivity index (χ1) is 13.4. The highest BCUT2D eigenvalue weighted by atomic mass is 16.3. The number of hydrogen-bond donors (Lipinski definition) is 3. The van der Waals surface area contributed by atoms with E-state index in [1.54, 1.807) is 7.05 Å². The van der Waals surface area contributed by atoms with Gasteiger partial charge in [0.15, 0.2) is 0 Å². The molecule has 5 heteroatoms. The molecule has 1 aliphatic rings. The fraction of sp³-hybridized carbons (Fsp3) is 0.348. The summed E-state index contributed by atoms with van der Waals surface area (Å²) in [5.41, 5.74) is 4.98. The molecule has 1 amide bonds. The Hall–Kier alpha value is -2.79. The van der Waals surface area contributed by atoms with Gasteiger partial charge in [-0.3, -0.25) is 4.79 Å². The highest BCUT2D eigenvalue weighted by Crippen LogP contribution is 2.27. The van der Waals surface area contributed by atoms with Gasteiger partial charge in [0.1, 0.15) is 0 Å². The summed E-state index contributed by atoms with van der Waals surface area (Å²) in [7, 11) is 1.61. The summed E-state index contributed by atoms with van der Waals surface area (Å²) < 4.78 is 0. The number of carbonyl (C=O) groups is 1. The standard InChI is InChI=1S/C23H31N3O2/c1-6-16(2)25-17(3)21-13-22(23(28)24-5)18(4)26(15-21)14-20-9-7-8-19(12-20)10-11-27/h7-9,12-13,15-16,25,27H,3-4,6,10-11,14H2,1-2,5H3,(H,24,28). The Bertz CT molecular complexity index is 808. The summed E-state index contributed by atoms with van der Waals surface area (Å²) >= 11 is 0. The normalized spacial score (nSPS) is 14.9. The van der Waals surface area contributed by atoms with Crippen LogP contribution in [-0.2, 0) is 17.8 Å². The van der Waals surface area contributed by atoms with Crippen molar-refractivity contribution in [2.24, 2.45) is 0 Å².